The molecule has 1 N–H and O–H groups in total. The Bertz CT molecular complexity index is 1490. The third kappa shape index (κ3) is 4.00. The van der Waals surface area contributed by atoms with Crippen molar-refractivity contribution in [2.75, 3.05) is 12.4 Å². The third-order valence-corrected chi connectivity index (χ3v) is 7.75. The highest BCUT2D eigenvalue weighted by molar-refractivity contribution is 7.22. The zero-order valence-corrected chi connectivity index (χ0v) is 20.8. The predicted molar refractivity (Wildman–Crippen MR) is 139 cm³/mol. The molecule has 0 amide bonds. The number of hydrogen-bond acceptors (Lipinski definition) is 7. The van der Waals surface area contributed by atoms with Crippen LogP contribution in [0.4, 0.5) is 5.82 Å². The van der Waals surface area contributed by atoms with Gasteiger partial charge in [-0.15, -0.1) is 11.3 Å². The molecule has 1 aliphatic carbocycles. The number of thiophene rings is 1. The zero-order chi connectivity index (χ0) is 23.9. The van der Waals surface area contributed by atoms with Crippen LogP contribution in [-0.4, -0.2) is 48.6 Å². The lowest BCUT2D eigenvalue weighted by Crippen LogP contribution is -2.18. The van der Waals surface area contributed by atoms with Crippen molar-refractivity contribution in [1.82, 2.24) is 29.3 Å². The highest BCUT2D eigenvalue weighted by Gasteiger charge is 2.28. The van der Waals surface area contributed by atoms with Crippen molar-refractivity contribution < 1.29 is 4.74 Å². The molecule has 4 aromatic heterocycles. The number of hydrogen-bond donors (Lipinski definition) is 1. The first-order chi connectivity index (χ1) is 17.1. The maximum Gasteiger partial charge on any atom is 0.199 e. The van der Waals surface area contributed by atoms with E-state index in [4.69, 9.17) is 19.8 Å². The first-order valence-electron chi connectivity index (χ1n) is 11.8. The Morgan fingerprint density at radius 1 is 1.06 bits per heavy atom. The van der Waals surface area contributed by atoms with Gasteiger partial charge in [-0.2, -0.15) is 5.10 Å². The van der Waals surface area contributed by atoms with Crippen LogP contribution in [0.25, 0.3) is 43.6 Å². The van der Waals surface area contributed by atoms with E-state index in [9.17, 15) is 0 Å². The molecule has 1 saturated carbocycles. The molecule has 1 unspecified atom stereocenters. The molecule has 1 aliphatic rings. The Kier molecular flexibility index (Phi) is 5.58. The lowest BCUT2D eigenvalue weighted by atomic mass is 10.0. The van der Waals surface area contributed by atoms with Gasteiger partial charge in [-0.25, -0.2) is 15.0 Å². The number of anilines is 1. The second-order valence-electron chi connectivity index (χ2n) is 9.00. The quantitative estimate of drug-likeness (QED) is 0.359. The molecule has 8 nitrogen and oxygen atoms in total. The minimum Gasteiger partial charge on any atom is -0.381 e. The van der Waals surface area contributed by atoms with Crippen LogP contribution in [-0.2, 0) is 18.8 Å². The first-order valence-corrected chi connectivity index (χ1v) is 12.6. The second-order valence-corrected chi connectivity index (χ2v) is 10.00. The fourth-order valence-corrected chi connectivity index (χ4v) is 6.02. The van der Waals surface area contributed by atoms with Crippen molar-refractivity contribution >= 4 is 27.4 Å². The summed E-state index contributed by atoms with van der Waals surface area (Å²) in [7, 11) is 5.70. The fraction of sp³-hybridized carbons (Fsp3) is 0.308. The molecule has 9 heteroatoms. The third-order valence-electron chi connectivity index (χ3n) is 6.64. The van der Waals surface area contributed by atoms with Crippen LogP contribution in [0.3, 0.4) is 0 Å². The van der Waals surface area contributed by atoms with E-state index in [1.807, 2.05) is 41.8 Å². The van der Waals surface area contributed by atoms with Gasteiger partial charge in [0.1, 0.15) is 16.3 Å². The molecule has 2 atom stereocenters. The van der Waals surface area contributed by atoms with Crippen LogP contribution in [0.5, 0.6) is 0 Å². The van der Waals surface area contributed by atoms with Gasteiger partial charge in [0.25, 0.3) is 0 Å². The second kappa shape index (κ2) is 8.90. The Labute approximate surface area is 207 Å². The fourth-order valence-electron chi connectivity index (χ4n) is 4.86. The summed E-state index contributed by atoms with van der Waals surface area (Å²) in [6.45, 7) is 0. The van der Waals surface area contributed by atoms with Crippen molar-refractivity contribution in [3.05, 3.63) is 55.0 Å². The molecule has 6 rings (SSSR count). The van der Waals surface area contributed by atoms with E-state index in [0.29, 0.717) is 5.82 Å². The van der Waals surface area contributed by atoms with Crippen molar-refractivity contribution in [3.63, 3.8) is 0 Å². The molecule has 178 valence electrons. The minimum atomic E-state index is 0.277. The van der Waals surface area contributed by atoms with Crippen molar-refractivity contribution in [3.8, 4) is 33.3 Å². The SMILES string of the molecule is CO[C@H]1CCC(Nc2nc(-c3nccn3C)nc3sc(-c4ccn(C)n4)c(-c4ccccc4)c23)C1. The van der Waals surface area contributed by atoms with Crippen LogP contribution >= 0.6 is 11.3 Å². The van der Waals surface area contributed by atoms with Crippen LogP contribution in [0.2, 0.25) is 0 Å². The number of methoxy groups -OCH3 is 1. The maximum atomic E-state index is 5.63. The monoisotopic (exact) mass is 485 g/mol. The van der Waals surface area contributed by atoms with E-state index in [2.05, 4.69) is 40.6 Å². The van der Waals surface area contributed by atoms with Crippen LogP contribution in [0.15, 0.2) is 55.0 Å². The Hall–Kier alpha value is -3.56. The molecule has 0 bridgehead atoms. The van der Waals surface area contributed by atoms with E-state index >= 15 is 0 Å². The summed E-state index contributed by atoms with van der Waals surface area (Å²) in [6, 6.07) is 12.8. The van der Waals surface area contributed by atoms with E-state index in [1.54, 1.807) is 24.6 Å². The first kappa shape index (κ1) is 21.9. The molecule has 5 aromatic rings. The molecule has 0 radical (unpaired) electrons. The van der Waals surface area contributed by atoms with Crippen LogP contribution in [0.1, 0.15) is 19.3 Å². The number of nitrogens with one attached hydrogen (secondary N) is 1. The summed E-state index contributed by atoms with van der Waals surface area (Å²) in [5.41, 5.74) is 3.16. The van der Waals surface area contributed by atoms with Gasteiger partial charge in [0.2, 0.25) is 0 Å². The molecule has 0 spiro atoms. The Balaban J connectivity index is 1.60. The minimum absolute atomic E-state index is 0.277. The maximum absolute atomic E-state index is 5.63. The normalized spacial score (nSPS) is 17.9. The average Bonchev–Trinajstić information content (AvgIpc) is 3.66. The highest BCUT2D eigenvalue weighted by Crippen LogP contribution is 2.46. The smallest absolute Gasteiger partial charge is 0.199 e. The number of fused-ring (bicyclic) bond motifs is 1. The number of imidazole rings is 1. The highest BCUT2D eigenvalue weighted by atomic mass is 32.1. The molecular formula is C26H27N7OS. The molecule has 1 fully saturated rings. The van der Waals surface area contributed by atoms with Gasteiger partial charge in [-0.3, -0.25) is 4.68 Å². The van der Waals surface area contributed by atoms with Gasteiger partial charge in [-0.1, -0.05) is 30.3 Å². The summed E-state index contributed by atoms with van der Waals surface area (Å²) in [4.78, 5) is 16.6. The van der Waals surface area contributed by atoms with E-state index in [1.165, 1.54) is 0 Å². The summed E-state index contributed by atoms with van der Waals surface area (Å²) in [6.07, 6.45) is 8.99. The van der Waals surface area contributed by atoms with E-state index in [-0.39, 0.29) is 12.1 Å². The number of aryl methyl sites for hydroxylation is 2. The average molecular weight is 486 g/mol. The standard InChI is InChI=1S/C26H27N7OS/c1-32-14-12-27-25(32)24-29-23(28-17-9-10-18(15-17)34-3)21-20(16-7-5-4-6-8-16)22(35-26(21)30-24)19-11-13-33(2)31-19/h4-8,11-14,17-18H,9-10,15H2,1-3H3,(H,28,29,30)/t17?,18-/m0/s1. The van der Waals surface area contributed by atoms with E-state index < -0.39 is 0 Å². The number of benzene rings is 1. The lowest BCUT2D eigenvalue weighted by Gasteiger charge is -2.16. The van der Waals surface area contributed by atoms with Gasteiger partial charge in [0.15, 0.2) is 11.6 Å². The van der Waals surface area contributed by atoms with Gasteiger partial charge in [0.05, 0.1) is 16.4 Å². The number of rotatable bonds is 6. The Morgan fingerprint density at radius 2 is 1.91 bits per heavy atom. The summed E-state index contributed by atoms with van der Waals surface area (Å²) < 4.78 is 9.41. The van der Waals surface area contributed by atoms with Crippen LogP contribution in [0, 0.1) is 0 Å². The molecule has 35 heavy (non-hydrogen) atoms. The van der Waals surface area contributed by atoms with Gasteiger partial charge >= 0.3 is 0 Å². The Morgan fingerprint density at radius 3 is 2.60 bits per heavy atom. The van der Waals surface area contributed by atoms with Gasteiger partial charge < -0.3 is 14.6 Å². The molecule has 1 aromatic carbocycles. The molecular weight excluding hydrogens is 458 g/mol. The van der Waals surface area contributed by atoms with Crippen LogP contribution < -0.4 is 5.32 Å². The predicted octanol–water partition coefficient (Wildman–Crippen LogP) is 5.14. The van der Waals surface area contributed by atoms with Gasteiger partial charge in [0, 0.05) is 51.4 Å². The molecule has 4 heterocycles. The number of nitrogens with zero attached hydrogens (tertiary/aromatic N) is 6. The summed E-state index contributed by atoms with van der Waals surface area (Å²) in [5.74, 6) is 2.19. The van der Waals surface area contributed by atoms with Crippen molar-refractivity contribution in [2.45, 2.75) is 31.4 Å². The van der Waals surface area contributed by atoms with Gasteiger partial charge in [-0.05, 0) is 30.9 Å². The number of ether oxygens (including phenoxy) is 1. The zero-order valence-electron chi connectivity index (χ0n) is 20.0. The lowest BCUT2D eigenvalue weighted by molar-refractivity contribution is 0.108. The van der Waals surface area contributed by atoms with E-state index in [0.717, 1.165) is 62.8 Å². The number of aromatic nitrogens is 6. The van der Waals surface area contributed by atoms with Crippen molar-refractivity contribution in [1.29, 1.82) is 0 Å². The largest absolute Gasteiger partial charge is 0.381 e. The summed E-state index contributed by atoms with van der Waals surface area (Å²) >= 11 is 1.65. The summed E-state index contributed by atoms with van der Waals surface area (Å²) in [5, 5.41) is 9.52. The topological polar surface area (TPSA) is 82.7 Å². The molecule has 0 saturated heterocycles. The molecule has 0 aliphatic heterocycles. The van der Waals surface area contributed by atoms with Crippen molar-refractivity contribution in [2.24, 2.45) is 14.1 Å².